The third-order valence-electron chi connectivity index (χ3n) is 4.23. The number of halogens is 9. The molecule has 0 aliphatic carbocycles. The molecule has 0 unspecified atom stereocenters. The number of nitrogens with zero attached hydrogens (tertiary/aromatic N) is 2. The summed E-state index contributed by atoms with van der Waals surface area (Å²) in [4.78, 5) is 16.3. The molecule has 176 valence electrons. The average molecular weight is 501 g/mol. The minimum atomic E-state index is -5.41. The number of alkyl halides is 6. The Labute approximate surface area is 184 Å². The molecule has 0 N–H and O–H groups in total. The Balaban J connectivity index is 2.15. The second-order valence-corrected chi connectivity index (χ2v) is 6.81. The van der Waals surface area contributed by atoms with Crippen molar-refractivity contribution in [3.63, 3.8) is 0 Å². The molecule has 0 bridgehead atoms. The Morgan fingerprint density at radius 3 is 2.24 bits per heavy atom. The van der Waals surface area contributed by atoms with Gasteiger partial charge >= 0.3 is 18.4 Å². The van der Waals surface area contributed by atoms with Crippen molar-refractivity contribution in [3.05, 3.63) is 64.6 Å². The zero-order valence-electron chi connectivity index (χ0n) is 16.0. The van der Waals surface area contributed by atoms with Crippen molar-refractivity contribution in [2.24, 2.45) is 0 Å². The Hall–Kier alpha value is -3.35. The number of hydrogen-bond donors (Lipinski definition) is 0. The molecule has 3 aromatic rings. The lowest BCUT2D eigenvalue weighted by Gasteiger charge is -2.22. The lowest BCUT2D eigenvalue weighted by molar-refractivity contribution is -0.143. The van der Waals surface area contributed by atoms with Gasteiger partial charge in [0.25, 0.3) is 0 Å². The van der Waals surface area contributed by atoms with Crippen LogP contribution < -0.4 is 9.64 Å². The van der Waals surface area contributed by atoms with Gasteiger partial charge in [0, 0.05) is 13.1 Å². The first-order valence-corrected chi connectivity index (χ1v) is 8.89. The van der Waals surface area contributed by atoms with E-state index in [1.165, 1.54) is 0 Å². The van der Waals surface area contributed by atoms with Crippen LogP contribution in [0.3, 0.4) is 0 Å². The molecule has 1 heterocycles. The number of hydrogen-bond acceptors (Lipinski definition) is 4. The quantitative estimate of drug-likeness (QED) is 0.288. The van der Waals surface area contributed by atoms with Gasteiger partial charge in [0.15, 0.2) is 17.9 Å². The van der Waals surface area contributed by atoms with Gasteiger partial charge in [-0.25, -0.2) is 18.6 Å². The van der Waals surface area contributed by atoms with Crippen molar-refractivity contribution >= 4 is 23.4 Å². The van der Waals surface area contributed by atoms with Crippen molar-refractivity contribution in [2.75, 3.05) is 11.9 Å². The van der Waals surface area contributed by atoms with E-state index in [1.807, 2.05) is 0 Å². The van der Waals surface area contributed by atoms with E-state index in [-0.39, 0.29) is 12.1 Å². The van der Waals surface area contributed by atoms with E-state index in [9.17, 15) is 39.9 Å². The summed E-state index contributed by atoms with van der Waals surface area (Å²) in [5, 5.41) is -0.612. The van der Waals surface area contributed by atoms with Crippen LogP contribution in [0, 0.1) is 11.6 Å². The molecule has 3 rings (SSSR count). The van der Waals surface area contributed by atoms with Crippen LogP contribution in [0.1, 0.15) is 11.1 Å². The largest absolute Gasteiger partial charge is 0.443 e. The van der Waals surface area contributed by atoms with Crippen LogP contribution in [-0.2, 0) is 12.4 Å². The van der Waals surface area contributed by atoms with Gasteiger partial charge in [-0.15, -0.1) is 0 Å². The van der Waals surface area contributed by atoms with Gasteiger partial charge in [-0.05, 0) is 18.2 Å². The molecule has 0 saturated carbocycles. The molecule has 1 amide bonds. The Morgan fingerprint density at radius 1 is 1.03 bits per heavy atom. The molecule has 0 atom stereocenters. The van der Waals surface area contributed by atoms with Crippen molar-refractivity contribution in [1.29, 1.82) is 0 Å². The standard InChI is InChI=1S/C19H9ClF8N2O3/c1-30(14-4-11(20)12(21)5-13(14)22)17(31)33-16-9(15-6-29-7-32-15)2-8(18(23,24)25)3-10(16)19(26,27)28/h2-7H,1H3. The third kappa shape index (κ3) is 5.02. The summed E-state index contributed by atoms with van der Waals surface area (Å²) in [6, 6.07) is 1.01. The number of oxazole rings is 1. The smallest absolute Gasteiger partial charge is 0.420 e. The van der Waals surface area contributed by atoms with Gasteiger partial charge in [0.1, 0.15) is 11.6 Å². The fraction of sp³-hybridized carbons (Fsp3) is 0.158. The van der Waals surface area contributed by atoms with E-state index in [0.29, 0.717) is 17.0 Å². The van der Waals surface area contributed by atoms with E-state index in [0.717, 1.165) is 19.6 Å². The Kier molecular flexibility index (Phi) is 6.29. The van der Waals surface area contributed by atoms with Crippen LogP contribution in [0.25, 0.3) is 11.3 Å². The van der Waals surface area contributed by atoms with E-state index in [4.69, 9.17) is 20.8 Å². The van der Waals surface area contributed by atoms with Crippen LogP contribution in [0.15, 0.2) is 41.3 Å². The molecule has 0 saturated heterocycles. The lowest BCUT2D eigenvalue weighted by atomic mass is 10.0. The van der Waals surface area contributed by atoms with Gasteiger partial charge in [0.2, 0.25) is 0 Å². The number of benzene rings is 2. The minimum Gasteiger partial charge on any atom is -0.443 e. The number of aromatic nitrogens is 1. The van der Waals surface area contributed by atoms with Crippen LogP contribution in [-0.4, -0.2) is 18.1 Å². The van der Waals surface area contributed by atoms with E-state index in [1.54, 1.807) is 0 Å². The summed E-state index contributed by atoms with van der Waals surface area (Å²) in [5.74, 6) is -4.41. The number of amides is 1. The van der Waals surface area contributed by atoms with Crippen LogP contribution in [0.5, 0.6) is 5.75 Å². The summed E-state index contributed by atoms with van der Waals surface area (Å²) in [7, 11) is 0.862. The second-order valence-electron chi connectivity index (χ2n) is 6.41. The van der Waals surface area contributed by atoms with Gasteiger partial charge in [-0.3, -0.25) is 4.90 Å². The van der Waals surface area contributed by atoms with Gasteiger partial charge in [-0.1, -0.05) is 11.6 Å². The molecule has 14 heteroatoms. The third-order valence-corrected chi connectivity index (χ3v) is 4.52. The van der Waals surface area contributed by atoms with E-state index in [2.05, 4.69) is 4.98 Å². The van der Waals surface area contributed by atoms with Gasteiger partial charge < -0.3 is 9.15 Å². The maximum absolute atomic E-state index is 14.1. The topological polar surface area (TPSA) is 55.6 Å². The molecule has 2 aromatic carbocycles. The first-order valence-electron chi connectivity index (χ1n) is 8.51. The van der Waals surface area contributed by atoms with Gasteiger partial charge in [-0.2, -0.15) is 26.3 Å². The molecule has 0 aliphatic heterocycles. The predicted molar refractivity (Wildman–Crippen MR) is 97.7 cm³/mol. The molecule has 0 aliphatic rings. The Bertz CT molecular complexity index is 1190. The number of carbonyl (C=O) groups excluding carboxylic acids is 1. The van der Waals surface area contributed by atoms with E-state index >= 15 is 0 Å². The first kappa shape index (κ1) is 24.3. The summed E-state index contributed by atoms with van der Waals surface area (Å²) >= 11 is 5.54. The van der Waals surface area contributed by atoms with Crippen molar-refractivity contribution in [1.82, 2.24) is 4.98 Å². The van der Waals surface area contributed by atoms with Gasteiger partial charge in [0.05, 0.1) is 33.6 Å². The highest BCUT2D eigenvalue weighted by Crippen LogP contribution is 2.46. The number of ether oxygens (including phenoxy) is 1. The fourth-order valence-electron chi connectivity index (χ4n) is 2.67. The number of anilines is 1. The normalized spacial score (nSPS) is 12.1. The SMILES string of the molecule is CN(C(=O)Oc1c(-c2cnco2)cc(C(F)(F)F)cc1C(F)(F)F)c1cc(Cl)c(F)cc1F. The summed E-state index contributed by atoms with van der Waals surface area (Å²) in [6.07, 6.45) is -10.7. The van der Waals surface area contributed by atoms with Crippen molar-refractivity contribution in [2.45, 2.75) is 12.4 Å². The summed E-state index contributed by atoms with van der Waals surface area (Å²) < 4.78 is 118. The molecule has 33 heavy (non-hydrogen) atoms. The van der Waals surface area contributed by atoms with Crippen LogP contribution >= 0.6 is 11.6 Å². The molecule has 0 fully saturated rings. The fourth-order valence-corrected chi connectivity index (χ4v) is 2.83. The summed E-state index contributed by atoms with van der Waals surface area (Å²) in [5.41, 5.74) is -5.23. The summed E-state index contributed by atoms with van der Waals surface area (Å²) in [6.45, 7) is 0. The predicted octanol–water partition coefficient (Wildman–Crippen LogP) is 6.95. The minimum absolute atomic E-state index is 0.252. The number of rotatable bonds is 3. The molecular weight excluding hydrogens is 492 g/mol. The highest BCUT2D eigenvalue weighted by molar-refractivity contribution is 6.31. The monoisotopic (exact) mass is 500 g/mol. The average Bonchev–Trinajstić information content (AvgIpc) is 3.23. The maximum Gasteiger partial charge on any atom is 0.420 e. The van der Waals surface area contributed by atoms with Crippen molar-refractivity contribution in [3.8, 4) is 17.1 Å². The highest BCUT2D eigenvalue weighted by atomic mass is 35.5. The molecule has 1 aromatic heterocycles. The number of carbonyl (C=O) groups is 1. The van der Waals surface area contributed by atoms with Crippen LogP contribution in [0.2, 0.25) is 5.02 Å². The molecule has 5 nitrogen and oxygen atoms in total. The Morgan fingerprint density at radius 2 is 1.70 bits per heavy atom. The molecule has 0 radical (unpaired) electrons. The zero-order chi connectivity index (χ0) is 24.7. The highest BCUT2D eigenvalue weighted by Gasteiger charge is 2.42. The zero-order valence-corrected chi connectivity index (χ0v) is 16.7. The van der Waals surface area contributed by atoms with Crippen molar-refractivity contribution < 1.29 is 49.1 Å². The first-order chi connectivity index (χ1) is 15.2. The second kappa shape index (κ2) is 8.54. The molecule has 0 spiro atoms. The maximum atomic E-state index is 14.1. The molecular formula is C19H9ClF8N2O3. The lowest BCUT2D eigenvalue weighted by Crippen LogP contribution is -2.31. The van der Waals surface area contributed by atoms with E-state index < -0.39 is 69.0 Å². The van der Waals surface area contributed by atoms with Crippen LogP contribution in [0.4, 0.5) is 45.6 Å².